The normalized spacial score (nSPS) is 40.8. The Balaban J connectivity index is 2.24. The molecule has 2 N–H and O–H groups in total. The number of allylic oxidation sites excluding steroid dienone is 3. The van der Waals surface area contributed by atoms with Gasteiger partial charge in [0, 0.05) is 5.41 Å². The topological polar surface area (TPSA) is 40.5 Å². The van der Waals surface area contributed by atoms with Gasteiger partial charge in [-0.05, 0) is 37.8 Å². The molecule has 2 atom stereocenters. The van der Waals surface area contributed by atoms with Crippen LogP contribution in [0.25, 0.3) is 0 Å². The highest BCUT2D eigenvalue weighted by atomic mass is 16.3. The van der Waals surface area contributed by atoms with Crippen LogP contribution in [0.3, 0.4) is 0 Å². The van der Waals surface area contributed by atoms with Gasteiger partial charge in [-0.3, -0.25) is 0 Å². The van der Waals surface area contributed by atoms with Crippen LogP contribution >= 0.6 is 0 Å². The first kappa shape index (κ1) is 9.37. The number of fused-ring (bicyclic) bond motifs is 1. The van der Waals surface area contributed by atoms with E-state index in [1.807, 2.05) is 18.2 Å². The van der Waals surface area contributed by atoms with E-state index in [-0.39, 0.29) is 5.41 Å². The van der Waals surface area contributed by atoms with Crippen molar-refractivity contribution in [3.8, 4) is 0 Å². The van der Waals surface area contributed by atoms with E-state index in [0.717, 1.165) is 24.0 Å². The summed E-state index contributed by atoms with van der Waals surface area (Å²) in [7, 11) is 0. The monoisotopic (exact) mass is 204 g/mol. The van der Waals surface area contributed by atoms with Crippen molar-refractivity contribution in [1.29, 1.82) is 0 Å². The lowest BCUT2D eigenvalue weighted by molar-refractivity contribution is -0.0886. The molecule has 3 aliphatic rings. The quantitative estimate of drug-likeness (QED) is 0.630. The molecule has 0 unspecified atom stereocenters. The summed E-state index contributed by atoms with van der Waals surface area (Å²) in [5.41, 5.74) is 2.12. The zero-order valence-electron chi connectivity index (χ0n) is 9.12. The molecule has 0 aromatic rings. The SMILES string of the molecule is CC1=C2C=CC=C2[C@H](O)[C@](C)(O)C12CC2. The van der Waals surface area contributed by atoms with Crippen molar-refractivity contribution >= 4 is 0 Å². The van der Waals surface area contributed by atoms with Crippen LogP contribution in [0.15, 0.2) is 34.9 Å². The van der Waals surface area contributed by atoms with E-state index in [9.17, 15) is 10.2 Å². The van der Waals surface area contributed by atoms with E-state index < -0.39 is 11.7 Å². The van der Waals surface area contributed by atoms with Gasteiger partial charge in [-0.15, -0.1) is 0 Å². The molecule has 1 spiro atoms. The summed E-state index contributed by atoms with van der Waals surface area (Å²) in [6.07, 6.45) is 7.15. The van der Waals surface area contributed by atoms with Gasteiger partial charge in [-0.1, -0.05) is 23.8 Å². The minimum absolute atomic E-state index is 0.159. The molecule has 0 saturated heterocycles. The van der Waals surface area contributed by atoms with Gasteiger partial charge in [0.25, 0.3) is 0 Å². The van der Waals surface area contributed by atoms with Crippen molar-refractivity contribution in [3.63, 3.8) is 0 Å². The summed E-state index contributed by atoms with van der Waals surface area (Å²) >= 11 is 0. The summed E-state index contributed by atoms with van der Waals surface area (Å²) in [4.78, 5) is 0. The Kier molecular flexibility index (Phi) is 1.53. The standard InChI is InChI=1S/C13H16O2/c1-8-9-4-3-5-10(9)11(14)12(2,15)13(8)6-7-13/h3-5,11,14-15H,6-7H2,1-2H3/t11-,12-/m0/s1. The minimum atomic E-state index is -1.00. The number of aliphatic hydroxyl groups is 2. The van der Waals surface area contributed by atoms with Crippen LogP contribution in [0.2, 0.25) is 0 Å². The molecule has 3 aliphatic carbocycles. The van der Waals surface area contributed by atoms with E-state index in [2.05, 4.69) is 6.92 Å². The van der Waals surface area contributed by atoms with E-state index in [4.69, 9.17) is 0 Å². The Hall–Kier alpha value is -0.860. The summed E-state index contributed by atoms with van der Waals surface area (Å²) < 4.78 is 0. The second kappa shape index (κ2) is 2.45. The van der Waals surface area contributed by atoms with Crippen LogP contribution in [0.5, 0.6) is 0 Å². The minimum Gasteiger partial charge on any atom is -0.386 e. The Bertz CT molecular complexity index is 420. The molecule has 15 heavy (non-hydrogen) atoms. The van der Waals surface area contributed by atoms with Crippen molar-refractivity contribution in [2.75, 3.05) is 0 Å². The molecule has 80 valence electrons. The summed E-state index contributed by atoms with van der Waals surface area (Å²) in [6, 6.07) is 0. The van der Waals surface area contributed by atoms with Gasteiger partial charge in [0.2, 0.25) is 0 Å². The second-order valence-corrected chi connectivity index (χ2v) is 5.15. The van der Waals surface area contributed by atoms with Gasteiger partial charge in [-0.2, -0.15) is 0 Å². The van der Waals surface area contributed by atoms with Crippen LogP contribution in [0, 0.1) is 5.41 Å². The van der Waals surface area contributed by atoms with Crippen LogP contribution in [-0.4, -0.2) is 21.9 Å². The lowest BCUT2D eigenvalue weighted by Gasteiger charge is -2.44. The molecule has 1 fully saturated rings. The fourth-order valence-corrected chi connectivity index (χ4v) is 3.22. The molecule has 2 nitrogen and oxygen atoms in total. The summed E-state index contributed by atoms with van der Waals surface area (Å²) in [5, 5.41) is 20.7. The van der Waals surface area contributed by atoms with Crippen molar-refractivity contribution < 1.29 is 10.2 Å². The fraction of sp³-hybridized carbons (Fsp3) is 0.538. The predicted molar refractivity (Wildman–Crippen MR) is 58.2 cm³/mol. The van der Waals surface area contributed by atoms with Gasteiger partial charge in [0.15, 0.2) is 0 Å². The smallest absolute Gasteiger partial charge is 0.109 e. The average molecular weight is 204 g/mol. The molecule has 1 saturated carbocycles. The number of hydrogen-bond acceptors (Lipinski definition) is 2. The van der Waals surface area contributed by atoms with E-state index in [1.54, 1.807) is 6.92 Å². The van der Waals surface area contributed by atoms with Gasteiger partial charge in [0.1, 0.15) is 11.7 Å². The van der Waals surface area contributed by atoms with Crippen LogP contribution in [0.1, 0.15) is 26.7 Å². The first-order chi connectivity index (χ1) is 7.01. The third kappa shape index (κ3) is 0.876. The lowest BCUT2D eigenvalue weighted by Crippen LogP contribution is -2.52. The van der Waals surface area contributed by atoms with Crippen molar-refractivity contribution in [2.45, 2.75) is 38.4 Å². The molecule has 0 radical (unpaired) electrons. The maximum absolute atomic E-state index is 10.5. The zero-order valence-corrected chi connectivity index (χ0v) is 9.12. The van der Waals surface area contributed by atoms with E-state index in [0.29, 0.717) is 0 Å². The number of aliphatic hydroxyl groups excluding tert-OH is 1. The molecule has 0 bridgehead atoms. The van der Waals surface area contributed by atoms with Gasteiger partial charge in [0.05, 0.1) is 0 Å². The molecule has 0 amide bonds. The average Bonchev–Trinajstić information content (AvgIpc) is 2.86. The highest BCUT2D eigenvalue weighted by molar-refractivity contribution is 5.59. The maximum Gasteiger partial charge on any atom is 0.109 e. The Labute approximate surface area is 89.6 Å². The molecule has 3 rings (SSSR count). The van der Waals surface area contributed by atoms with Crippen molar-refractivity contribution in [2.24, 2.45) is 5.41 Å². The summed E-state index contributed by atoms with van der Waals surface area (Å²) in [6.45, 7) is 3.86. The van der Waals surface area contributed by atoms with Crippen LogP contribution in [-0.2, 0) is 0 Å². The first-order valence-corrected chi connectivity index (χ1v) is 5.51. The van der Waals surface area contributed by atoms with E-state index >= 15 is 0 Å². The Morgan fingerprint density at radius 1 is 1.40 bits per heavy atom. The lowest BCUT2D eigenvalue weighted by atomic mass is 9.67. The van der Waals surface area contributed by atoms with Crippen molar-refractivity contribution in [3.05, 3.63) is 34.9 Å². The highest BCUT2D eigenvalue weighted by Gasteiger charge is 2.63. The molecule has 0 aliphatic heterocycles. The largest absolute Gasteiger partial charge is 0.386 e. The molecule has 0 aromatic heterocycles. The number of hydrogen-bond donors (Lipinski definition) is 2. The highest BCUT2D eigenvalue weighted by Crippen LogP contribution is 2.64. The molecule has 0 aromatic carbocycles. The molecular formula is C13H16O2. The Morgan fingerprint density at radius 2 is 2.07 bits per heavy atom. The van der Waals surface area contributed by atoms with Gasteiger partial charge < -0.3 is 10.2 Å². The van der Waals surface area contributed by atoms with Crippen LogP contribution in [0.4, 0.5) is 0 Å². The zero-order chi connectivity index (χ0) is 10.8. The third-order valence-corrected chi connectivity index (χ3v) is 4.52. The van der Waals surface area contributed by atoms with E-state index in [1.165, 1.54) is 5.57 Å². The number of rotatable bonds is 0. The molecule has 0 heterocycles. The maximum atomic E-state index is 10.5. The first-order valence-electron chi connectivity index (χ1n) is 5.51. The predicted octanol–water partition coefficient (Wildman–Crippen LogP) is 1.70. The Morgan fingerprint density at radius 3 is 2.67 bits per heavy atom. The van der Waals surface area contributed by atoms with Crippen LogP contribution < -0.4 is 0 Å². The summed E-state index contributed by atoms with van der Waals surface area (Å²) in [5.74, 6) is 0. The molecule has 2 heteroatoms. The second-order valence-electron chi connectivity index (χ2n) is 5.15. The van der Waals surface area contributed by atoms with Crippen molar-refractivity contribution in [1.82, 2.24) is 0 Å². The fourth-order valence-electron chi connectivity index (χ4n) is 3.22. The third-order valence-electron chi connectivity index (χ3n) is 4.52. The van der Waals surface area contributed by atoms with Gasteiger partial charge >= 0.3 is 0 Å². The van der Waals surface area contributed by atoms with Gasteiger partial charge in [-0.25, -0.2) is 0 Å². The molecular weight excluding hydrogens is 188 g/mol.